The Bertz CT molecular complexity index is 717. The maximum Gasteiger partial charge on any atom is 0.303 e. The Hall–Kier alpha value is -2.37. The normalized spacial score (nSPS) is 23.0. The van der Waals surface area contributed by atoms with Crippen LogP contribution in [0, 0.1) is 0 Å². The Morgan fingerprint density at radius 3 is 2.42 bits per heavy atom. The molecule has 0 bridgehead atoms. The van der Waals surface area contributed by atoms with E-state index in [0.29, 0.717) is 19.5 Å². The lowest BCUT2D eigenvalue weighted by atomic mass is 10.0. The first kappa shape index (κ1) is 18.4. The number of nitrogens with zero attached hydrogens (tertiary/aromatic N) is 1. The van der Waals surface area contributed by atoms with Gasteiger partial charge in [0.05, 0.1) is 13.2 Å². The van der Waals surface area contributed by atoms with E-state index in [1.807, 2.05) is 42.5 Å². The molecule has 26 heavy (non-hydrogen) atoms. The molecule has 3 rings (SSSR count). The van der Waals surface area contributed by atoms with E-state index in [1.165, 1.54) is 12.5 Å². The third-order valence-electron chi connectivity index (χ3n) is 4.78. The SMILES string of the molecule is COc1ccc(C[C@@H]2[C@H](OC(C)=O)[C@@H](O)CN2Cc2ccccc2)cc1. The predicted octanol–water partition coefficient (Wildman–Crippen LogP) is 2.41. The molecule has 2 aromatic rings. The zero-order chi connectivity index (χ0) is 18.5. The zero-order valence-corrected chi connectivity index (χ0v) is 15.2. The largest absolute Gasteiger partial charge is 0.497 e. The number of methoxy groups -OCH3 is 1. The molecule has 1 saturated heterocycles. The summed E-state index contributed by atoms with van der Waals surface area (Å²) in [5, 5.41) is 10.5. The van der Waals surface area contributed by atoms with Gasteiger partial charge in [0.2, 0.25) is 0 Å². The van der Waals surface area contributed by atoms with Gasteiger partial charge in [0.25, 0.3) is 0 Å². The zero-order valence-electron chi connectivity index (χ0n) is 15.2. The molecule has 0 unspecified atom stereocenters. The van der Waals surface area contributed by atoms with Crippen molar-refractivity contribution in [3.63, 3.8) is 0 Å². The van der Waals surface area contributed by atoms with Crippen LogP contribution in [-0.4, -0.2) is 47.9 Å². The van der Waals surface area contributed by atoms with Crippen LogP contribution in [0.4, 0.5) is 0 Å². The highest BCUT2D eigenvalue weighted by molar-refractivity contribution is 5.66. The lowest BCUT2D eigenvalue weighted by Crippen LogP contribution is -2.40. The van der Waals surface area contributed by atoms with Gasteiger partial charge in [-0.15, -0.1) is 0 Å². The predicted molar refractivity (Wildman–Crippen MR) is 98.9 cm³/mol. The van der Waals surface area contributed by atoms with E-state index < -0.39 is 12.2 Å². The van der Waals surface area contributed by atoms with Crippen molar-refractivity contribution in [3.8, 4) is 5.75 Å². The fourth-order valence-electron chi connectivity index (χ4n) is 3.54. The fourth-order valence-corrected chi connectivity index (χ4v) is 3.54. The van der Waals surface area contributed by atoms with Crippen LogP contribution in [0.5, 0.6) is 5.75 Å². The number of rotatable bonds is 6. The van der Waals surface area contributed by atoms with Crippen LogP contribution < -0.4 is 4.74 Å². The molecule has 1 aliphatic rings. The molecule has 1 fully saturated rings. The van der Waals surface area contributed by atoms with E-state index in [0.717, 1.165) is 11.3 Å². The Balaban J connectivity index is 1.80. The minimum atomic E-state index is -0.689. The lowest BCUT2D eigenvalue weighted by Gasteiger charge is -2.28. The molecule has 138 valence electrons. The summed E-state index contributed by atoms with van der Waals surface area (Å²) in [5.74, 6) is 0.438. The van der Waals surface area contributed by atoms with Crippen molar-refractivity contribution < 1.29 is 19.4 Å². The van der Waals surface area contributed by atoms with E-state index in [4.69, 9.17) is 9.47 Å². The van der Waals surface area contributed by atoms with Crippen LogP contribution in [0.2, 0.25) is 0 Å². The summed E-state index contributed by atoms with van der Waals surface area (Å²) in [6.45, 7) is 2.57. The van der Waals surface area contributed by atoms with Crippen molar-refractivity contribution in [1.82, 2.24) is 4.90 Å². The van der Waals surface area contributed by atoms with E-state index >= 15 is 0 Å². The molecule has 0 aliphatic carbocycles. The third-order valence-corrected chi connectivity index (χ3v) is 4.78. The van der Waals surface area contributed by atoms with Crippen molar-refractivity contribution in [2.24, 2.45) is 0 Å². The summed E-state index contributed by atoms with van der Waals surface area (Å²) >= 11 is 0. The van der Waals surface area contributed by atoms with Crippen LogP contribution in [0.1, 0.15) is 18.1 Å². The molecule has 1 aliphatic heterocycles. The second-order valence-electron chi connectivity index (χ2n) is 6.68. The van der Waals surface area contributed by atoms with Crippen LogP contribution in [0.15, 0.2) is 54.6 Å². The van der Waals surface area contributed by atoms with Crippen LogP contribution in [0.25, 0.3) is 0 Å². The number of aliphatic hydroxyl groups excluding tert-OH is 1. The molecule has 0 radical (unpaired) electrons. The summed E-state index contributed by atoms with van der Waals surface area (Å²) in [7, 11) is 1.64. The van der Waals surface area contributed by atoms with Gasteiger partial charge in [-0.2, -0.15) is 0 Å². The van der Waals surface area contributed by atoms with Crippen LogP contribution in [-0.2, 0) is 22.5 Å². The molecule has 0 amide bonds. The van der Waals surface area contributed by atoms with Crippen LogP contribution >= 0.6 is 0 Å². The molecular weight excluding hydrogens is 330 g/mol. The molecule has 0 spiro atoms. The summed E-state index contributed by atoms with van der Waals surface area (Å²) in [6, 6.07) is 17.9. The number of carbonyl (C=O) groups is 1. The average molecular weight is 355 g/mol. The maximum absolute atomic E-state index is 11.5. The Kier molecular flexibility index (Phi) is 5.91. The number of likely N-dealkylation sites (tertiary alicyclic amines) is 1. The van der Waals surface area contributed by atoms with Gasteiger partial charge < -0.3 is 14.6 Å². The third kappa shape index (κ3) is 4.42. The summed E-state index contributed by atoms with van der Waals surface area (Å²) in [6.07, 6.45) is -0.532. The lowest BCUT2D eigenvalue weighted by molar-refractivity contribution is -0.151. The molecule has 1 N–H and O–H groups in total. The van der Waals surface area contributed by atoms with Gasteiger partial charge in [-0.1, -0.05) is 42.5 Å². The summed E-state index contributed by atoms with van der Waals surface area (Å²) in [5.41, 5.74) is 2.28. The average Bonchev–Trinajstić information content (AvgIpc) is 2.91. The van der Waals surface area contributed by atoms with Gasteiger partial charge in [-0.05, 0) is 29.7 Å². The highest BCUT2D eigenvalue weighted by Crippen LogP contribution is 2.27. The maximum atomic E-state index is 11.5. The number of benzene rings is 2. The second-order valence-corrected chi connectivity index (χ2v) is 6.68. The number of aliphatic hydroxyl groups is 1. The molecular formula is C21H25NO4. The van der Waals surface area contributed by atoms with Crippen molar-refractivity contribution in [2.45, 2.75) is 38.1 Å². The van der Waals surface area contributed by atoms with E-state index in [2.05, 4.69) is 17.0 Å². The van der Waals surface area contributed by atoms with Crippen molar-refractivity contribution in [2.75, 3.05) is 13.7 Å². The standard InChI is InChI=1S/C21H25NO4/c1-15(23)26-21-19(12-16-8-10-18(25-2)11-9-16)22(14-20(21)24)13-17-6-4-3-5-7-17/h3-11,19-21,24H,12-14H2,1-2H3/t19-,20+,21+/m1/s1. The van der Waals surface area contributed by atoms with Gasteiger partial charge in [0.1, 0.15) is 18.0 Å². The first-order chi connectivity index (χ1) is 12.6. The van der Waals surface area contributed by atoms with Gasteiger partial charge >= 0.3 is 5.97 Å². The molecule has 5 nitrogen and oxygen atoms in total. The van der Waals surface area contributed by atoms with Crippen molar-refractivity contribution >= 4 is 5.97 Å². The number of β-amino-alcohol motifs (C(OH)–C–C–N with tert-alkyl or cyclic N) is 1. The summed E-state index contributed by atoms with van der Waals surface area (Å²) in [4.78, 5) is 13.7. The number of ether oxygens (including phenoxy) is 2. The first-order valence-corrected chi connectivity index (χ1v) is 8.83. The fraction of sp³-hybridized carbons (Fsp3) is 0.381. The molecule has 3 atom stereocenters. The topological polar surface area (TPSA) is 59.0 Å². The quantitative estimate of drug-likeness (QED) is 0.807. The molecule has 2 aromatic carbocycles. The number of carbonyl (C=O) groups excluding carboxylic acids is 1. The number of hydrogen-bond acceptors (Lipinski definition) is 5. The molecule has 0 saturated carbocycles. The molecule has 5 heteroatoms. The number of hydrogen-bond donors (Lipinski definition) is 1. The van der Waals surface area contributed by atoms with E-state index in [1.54, 1.807) is 7.11 Å². The first-order valence-electron chi connectivity index (χ1n) is 8.83. The molecule has 0 aromatic heterocycles. The Morgan fingerprint density at radius 2 is 1.81 bits per heavy atom. The van der Waals surface area contributed by atoms with Crippen LogP contribution in [0.3, 0.4) is 0 Å². The van der Waals surface area contributed by atoms with Crippen molar-refractivity contribution in [3.05, 3.63) is 65.7 Å². The monoisotopic (exact) mass is 355 g/mol. The smallest absolute Gasteiger partial charge is 0.303 e. The Morgan fingerprint density at radius 1 is 1.12 bits per heavy atom. The molecule has 1 heterocycles. The van der Waals surface area contributed by atoms with Crippen molar-refractivity contribution in [1.29, 1.82) is 0 Å². The van der Waals surface area contributed by atoms with Gasteiger partial charge in [0, 0.05) is 20.0 Å². The van der Waals surface area contributed by atoms with Gasteiger partial charge in [-0.3, -0.25) is 9.69 Å². The highest BCUT2D eigenvalue weighted by Gasteiger charge is 2.42. The Labute approximate surface area is 154 Å². The van der Waals surface area contributed by atoms with E-state index in [-0.39, 0.29) is 12.0 Å². The summed E-state index contributed by atoms with van der Waals surface area (Å²) < 4.78 is 10.7. The minimum Gasteiger partial charge on any atom is -0.497 e. The number of esters is 1. The second kappa shape index (κ2) is 8.34. The van der Waals surface area contributed by atoms with Gasteiger partial charge in [0.15, 0.2) is 0 Å². The van der Waals surface area contributed by atoms with Gasteiger partial charge in [-0.25, -0.2) is 0 Å². The minimum absolute atomic E-state index is 0.0810. The highest BCUT2D eigenvalue weighted by atomic mass is 16.6. The van der Waals surface area contributed by atoms with E-state index in [9.17, 15) is 9.90 Å².